The van der Waals surface area contributed by atoms with E-state index >= 15 is 0 Å². The predicted molar refractivity (Wildman–Crippen MR) is 84.4 cm³/mol. The minimum absolute atomic E-state index is 0.0480. The standard InChI is InChI=1S/C17H20F2N4O/c1-2-23-16(11-20-21-23)17(24)22-7-5-12(6-8-22)9-13-3-4-14(18)15(19)10-13/h3-4,10-12H,2,5-9H2,1H3. The van der Waals surface area contributed by atoms with E-state index in [4.69, 9.17) is 0 Å². The van der Waals surface area contributed by atoms with Crippen molar-refractivity contribution >= 4 is 5.91 Å². The molecular formula is C17H20F2N4O. The Kier molecular flexibility index (Phi) is 4.87. The molecule has 1 amide bonds. The zero-order valence-electron chi connectivity index (χ0n) is 13.6. The number of carbonyl (C=O) groups excluding carboxylic acids is 1. The number of benzene rings is 1. The van der Waals surface area contributed by atoms with Crippen LogP contribution >= 0.6 is 0 Å². The first-order valence-corrected chi connectivity index (χ1v) is 8.20. The van der Waals surface area contributed by atoms with Crippen molar-refractivity contribution in [1.29, 1.82) is 0 Å². The summed E-state index contributed by atoms with van der Waals surface area (Å²) in [7, 11) is 0. The van der Waals surface area contributed by atoms with E-state index in [1.807, 2.05) is 11.8 Å². The smallest absolute Gasteiger partial charge is 0.273 e. The van der Waals surface area contributed by atoms with Crippen LogP contribution in [0.15, 0.2) is 24.4 Å². The zero-order valence-corrected chi connectivity index (χ0v) is 13.6. The van der Waals surface area contributed by atoms with Crippen molar-refractivity contribution < 1.29 is 13.6 Å². The zero-order chi connectivity index (χ0) is 17.1. The fourth-order valence-corrected chi connectivity index (χ4v) is 3.16. The summed E-state index contributed by atoms with van der Waals surface area (Å²) in [6, 6.07) is 4.06. The Labute approximate surface area is 139 Å². The molecule has 0 spiro atoms. The highest BCUT2D eigenvalue weighted by Gasteiger charge is 2.26. The Balaban J connectivity index is 1.57. The van der Waals surface area contributed by atoms with Crippen molar-refractivity contribution in [3.05, 3.63) is 47.3 Å². The third-order valence-electron chi connectivity index (χ3n) is 4.55. The van der Waals surface area contributed by atoms with Crippen LogP contribution in [-0.2, 0) is 13.0 Å². The van der Waals surface area contributed by atoms with Gasteiger partial charge in [-0.15, -0.1) is 5.10 Å². The Hall–Kier alpha value is -2.31. The SMILES string of the molecule is CCn1nncc1C(=O)N1CCC(Cc2ccc(F)c(F)c2)CC1. The number of piperidine rings is 1. The molecule has 3 rings (SSSR count). The molecule has 1 aromatic heterocycles. The Morgan fingerprint density at radius 3 is 2.67 bits per heavy atom. The number of hydrogen-bond acceptors (Lipinski definition) is 3. The number of hydrogen-bond donors (Lipinski definition) is 0. The second-order valence-electron chi connectivity index (χ2n) is 6.12. The van der Waals surface area contributed by atoms with Crippen LogP contribution in [0.1, 0.15) is 35.8 Å². The molecule has 1 aliphatic rings. The van der Waals surface area contributed by atoms with Crippen LogP contribution in [0, 0.1) is 17.6 Å². The molecule has 1 fully saturated rings. The number of amides is 1. The molecule has 1 aliphatic heterocycles. The van der Waals surface area contributed by atoms with Gasteiger partial charge in [-0.2, -0.15) is 0 Å². The summed E-state index contributed by atoms with van der Waals surface area (Å²) in [6.45, 7) is 3.83. The number of nitrogens with zero attached hydrogens (tertiary/aromatic N) is 4. The summed E-state index contributed by atoms with van der Waals surface area (Å²) in [6.07, 6.45) is 3.89. The van der Waals surface area contributed by atoms with E-state index in [-0.39, 0.29) is 5.91 Å². The van der Waals surface area contributed by atoms with E-state index in [2.05, 4.69) is 10.3 Å². The average molecular weight is 334 g/mol. The van der Waals surface area contributed by atoms with E-state index in [1.165, 1.54) is 18.3 Å². The van der Waals surface area contributed by atoms with Crippen molar-refractivity contribution in [2.45, 2.75) is 32.7 Å². The molecule has 1 aromatic carbocycles. The third kappa shape index (κ3) is 3.44. The summed E-state index contributed by atoms with van der Waals surface area (Å²) in [4.78, 5) is 14.3. The summed E-state index contributed by atoms with van der Waals surface area (Å²) in [5.41, 5.74) is 1.31. The molecule has 1 saturated heterocycles. The molecule has 2 aromatic rings. The van der Waals surface area contributed by atoms with Gasteiger partial charge in [-0.05, 0) is 49.8 Å². The molecule has 5 nitrogen and oxygen atoms in total. The lowest BCUT2D eigenvalue weighted by molar-refractivity contribution is 0.0678. The van der Waals surface area contributed by atoms with Gasteiger partial charge in [0.2, 0.25) is 0 Å². The van der Waals surface area contributed by atoms with Crippen molar-refractivity contribution in [2.75, 3.05) is 13.1 Å². The van der Waals surface area contributed by atoms with Gasteiger partial charge in [0.15, 0.2) is 11.6 Å². The second kappa shape index (κ2) is 7.07. The van der Waals surface area contributed by atoms with Crippen molar-refractivity contribution in [1.82, 2.24) is 19.9 Å². The molecular weight excluding hydrogens is 314 g/mol. The molecule has 0 N–H and O–H groups in total. The van der Waals surface area contributed by atoms with Crippen LogP contribution in [-0.4, -0.2) is 38.9 Å². The lowest BCUT2D eigenvalue weighted by atomic mass is 9.90. The maximum Gasteiger partial charge on any atom is 0.273 e. The van der Waals surface area contributed by atoms with Crippen LogP contribution in [0.3, 0.4) is 0 Å². The molecule has 0 saturated carbocycles. The summed E-state index contributed by atoms with van der Waals surface area (Å²) >= 11 is 0. The van der Waals surface area contributed by atoms with E-state index in [0.29, 0.717) is 37.7 Å². The van der Waals surface area contributed by atoms with Crippen LogP contribution in [0.2, 0.25) is 0 Å². The van der Waals surface area contributed by atoms with Gasteiger partial charge in [0, 0.05) is 19.6 Å². The lowest BCUT2D eigenvalue weighted by Crippen LogP contribution is -2.39. The van der Waals surface area contributed by atoms with Gasteiger partial charge in [0.1, 0.15) is 5.69 Å². The van der Waals surface area contributed by atoms with Crippen LogP contribution in [0.5, 0.6) is 0 Å². The van der Waals surface area contributed by atoms with Crippen molar-refractivity contribution in [3.63, 3.8) is 0 Å². The minimum Gasteiger partial charge on any atom is -0.337 e. The molecule has 7 heteroatoms. The van der Waals surface area contributed by atoms with E-state index in [0.717, 1.165) is 18.4 Å². The number of likely N-dealkylation sites (tertiary alicyclic amines) is 1. The van der Waals surface area contributed by atoms with E-state index < -0.39 is 11.6 Å². The van der Waals surface area contributed by atoms with Gasteiger partial charge in [0.05, 0.1) is 6.20 Å². The van der Waals surface area contributed by atoms with Crippen LogP contribution in [0.4, 0.5) is 8.78 Å². The first-order chi connectivity index (χ1) is 11.6. The molecule has 0 radical (unpaired) electrons. The maximum atomic E-state index is 13.3. The van der Waals surface area contributed by atoms with Crippen molar-refractivity contribution in [2.24, 2.45) is 5.92 Å². The molecule has 128 valence electrons. The number of halogens is 2. The quantitative estimate of drug-likeness (QED) is 0.864. The van der Waals surface area contributed by atoms with Crippen LogP contribution < -0.4 is 0 Å². The van der Waals surface area contributed by atoms with Gasteiger partial charge in [-0.3, -0.25) is 4.79 Å². The lowest BCUT2D eigenvalue weighted by Gasteiger charge is -2.32. The Morgan fingerprint density at radius 1 is 1.25 bits per heavy atom. The first-order valence-electron chi connectivity index (χ1n) is 8.20. The molecule has 0 bridgehead atoms. The molecule has 2 heterocycles. The van der Waals surface area contributed by atoms with E-state index in [1.54, 1.807) is 10.7 Å². The molecule has 0 unspecified atom stereocenters. The predicted octanol–water partition coefficient (Wildman–Crippen LogP) is 2.67. The summed E-state index contributed by atoms with van der Waals surface area (Å²) in [5.74, 6) is -1.30. The highest BCUT2D eigenvalue weighted by atomic mass is 19.2. The largest absolute Gasteiger partial charge is 0.337 e. The summed E-state index contributed by atoms with van der Waals surface area (Å²) in [5, 5.41) is 7.68. The average Bonchev–Trinajstić information content (AvgIpc) is 3.07. The monoisotopic (exact) mass is 334 g/mol. The highest BCUT2D eigenvalue weighted by molar-refractivity contribution is 5.92. The number of carbonyl (C=O) groups is 1. The van der Waals surface area contributed by atoms with Crippen molar-refractivity contribution in [3.8, 4) is 0 Å². The van der Waals surface area contributed by atoms with Crippen LogP contribution in [0.25, 0.3) is 0 Å². The fourth-order valence-electron chi connectivity index (χ4n) is 3.16. The van der Waals surface area contributed by atoms with Gasteiger partial charge < -0.3 is 4.90 Å². The van der Waals surface area contributed by atoms with Gasteiger partial charge in [-0.25, -0.2) is 13.5 Å². The summed E-state index contributed by atoms with van der Waals surface area (Å²) < 4.78 is 27.9. The molecule has 0 aliphatic carbocycles. The maximum absolute atomic E-state index is 13.3. The second-order valence-corrected chi connectivity index (χ2v) is 6.12. The Morgan fingerprint density at radius 2 is 2.00 bits per heavy atom. The first kappa shape index (κ1) is 16.5. The fraction of sp³-hybridized carbons (Fsp3) is 0.471. The normalized spacial score (nSPS) is 15.7. The number of rotatable bonds is 4. The van der Waals surface area contributed by atoms with Gasteiger partial charge >= 0.3 is 0 Å². The number of aryl methyl sites for hydroxylation is 1. The molecule has 0 atom stereocenters. The molecule has 24 heavy (non-hydrogen) atoms. The van der Waals surface area contributed by atoms with Gasteiger partial charge in [-0.1, -0.05) is 11.3 Å². The van der Waals surface area contributed by atoms with Gasteiger partial charge in [0.25, 0.3) is 5.91 Å². The minimum atomic E-state index is -0.819. The van der Waals surface area contributed by atoms with E-state index in [9.17, 15) is 13.6 Å². The number of aromatic nitrogens is 3. The topological polar surface area (TPSA) is 51.0 Å². The Bertz CT molecular complexity index is 723. The highest BCUT2D eigenvalue weighted by Crippen LogP contribution is 2.23. The third-order valence-corrected chi connectivity index (χ3v) is 4.55.